The number of rotatable bonds is 8. The van der Waals surface area contributed by atoms with Gasteiger partial charge in [-0.1, -0.05) is 26.2 Å². The van der Waals surface area contributed by atoms with Gasteiger partial charge < -0.3 is 15.7 Å². The molecule has 3 N–H and O–H groups in total. The van der Waals surface area contributed by atoms with Gasteiger partial charge >= 0.3 is 5.97 Å². The molecule has 2 atom stereocenters. The number of hydrogen-bond donors (Lipinski definition) is 3. The highest BCUT2D eigenvalue weighted by atomic mass is 16.4. The number of carboxylic acids is 1. The van der Waals surface area contributed by atoms with Crippen LogP contribution >= 0.6 is 0 Å². The lowest BCUT2D eigenvalue weighted by atomic mass is 9.89. The number of piperazine rings is 1. The molecule has 104 valence electrons. The summed E-state index contributed by atoms with van der Waals surface area (Å²) in [5.74, 6) is -1.17. The number of aliphatic carboxylic acids is 1. The lowest BCUT2D eigenvalue weighted by Crippen LogP contribution is -2.54. The molecule has 0 spiro atoms. The van der Waals surface area contributed by atoms with Gasteiger partial charge in [0.25, 0.3) is 0 Å². The molecule has 0 aromatic carbocycles. The van der Waals surface area contributed by atoms with Crippen LogP contribution in [0.4, 0.5) is 0 Å². The summed E-state index contributed by atoms with van der Waals surface area (Å²) in [4.78, 5) is 23.1. The fourth-order valence-electron chi connectivity index (χ4n) is 2.34. The van der Waals surface area contributed by atoms with Crippen molar-refractivity contribution in [2.24, 2.45) is 5.92 Å². The smallest absolute Gasteiger partial charge is 0.304 e. The predicted octanol–water partition coefficient (Wildman–Crippen LogP) is 0.788. The molecule has 1 rings (SSSR count). The highest BCUT2D eigenvalue weighted by Gasteiger charge is 2.29. The minimum Gasteiger partial charge on any atom is -0.481 e. The second-order valence-electron chi connectivity index (χ2n) is 4.90. The molecule has 0 aromatic rings. The van der Waals surface area contributed by atoms with Crippen molar-refractivity contribution in [3.63, 3.8) is 0 Å². The monoisotopic (exact) mass is 256 g/mol. The molecule has 1 aliphatic rings. The topological polar surface area (TPSA) is 78.4 Å². The van der Waals surface area contributed by atoms with Crippen molar-refractivity contribution in [2.45, 2.75) is 45.1 Å². The van der Waals surface area contributed by atoms with Gasteiger partial charge in [-0.25, -0.2) is 0 Å². The van der Waals surface area contributed by atoms with Gasteiger partial charge in [-0.15, -0.1) is 0 Å². The van der Waals surface area contributed by atoms with Gasteiger partial charge in [0, 0.05) is 25.6 Å². The van der Waals surface area contributed by atoms with Crippen LogP contribution in [0.5, 0.6) is 0 Å². The summed E-state index contributed by atoms with van der Waals surface area (Å²) >= 11 is 0. The number of Topliss-reactive ketones (excluding diaryl/α,β-unsaturated/α-hetero) is 1. The maximum Gasteiger partial charge on any atom is 0.304 e. The number of nitrogens with one attached hydrogen (secondary N) is 2. The third-order valence-corrected chi connectivity index (χ3v) is 3.36. The van der Waals surface area contributed by atoms with Crippen LogP contribution in [0.2, 0.25) is 0 Å². The zero-order valence-corrected chi connectivity index (χ0v) is 11.1. The summed E-state index contributed by atoms with van der Waals surface area (Å²) < 4.78 is 0. The first-order chi connectivity index (χ1) is 8.65. The van der Waals surface area contributed by atoms with Crippen LogP contribution in [0.3, 0.4) is 0 Å². The second kappa shape index (κ2) is 8.21. The zero-order valence-electron chi connectivity index (χ0n) is 11.1. The molecule has 5 heteroatoms. The van der Waals surface area contributed by atoms with E-state index in [1.165, 1.54) is 0 Å². The maximum absolute atomic E-state index is 12.3. The molecule has 0 bridgehead atoms. The van der Waals surface area contributed by atoms with E-state index < -0.39 is 5.97 Å². The Balaban J connectivity index is 2.50. The van der Waals surface area contributed by atoms with Crippen LogP contribution in [0, 0.1) is 5.92 Å². The third-order valence-electron chi connectivity index (χ3n) is 3.36. The molecule has 0 saturated carbocycles. The van der Waals surface area contributed by atoms with Crippen molar-refractivity contribution in [2.75, 3.05) is 19.6 Å². The second-order valence-corrected chi connectivity index (χ2v) is 4.90. The molecular formula is C13H24N2O3. The van der Waals surface area contributed by atoms with E-state index in [4.69, 9.17) is 5.11 Å². The number of unbranched alkanes of at least 4 members (excludes halogenated alkanes) is 2. The molecular weight excluding hydrogens is 232 g/mol. The Morgan fingerprint density at radius 1 is 1.33 bits per heavy atom. The Morgan fingerprint density at radius 3 is 2.67 bits per heavy atom. The van der Waals surface area contributed by atoms with Crippen molar-refractivity contribution in [3.05, 3.63) is 0 Å². The minimum atomic E-state index is -0.881. The van der Waals surface area contributed by atoms with Gasteiger partial charge in [0.2, 0.25) is 0 Å². The van der Waals surface area contributed by atoms with Crippen LogP contribution in [-0.2, 0) is 9.59 Å². The van der Waals surface area contributed by atoms with Gasteiger partial charge in [-0.05, 0) is 6.42 Å². The number of ketones is 1. The Morgan fingerprint density at radius 2 is 2.11 bits per heavy atom. The molecule has 0 aromatic heterocycles. The summed E-state index contributed by atoms with van der Waals surface area (Å²) in [6.07, 6.45) is 3.72. The highest BCUT2D eigenvalue weighted by Crippen LogP contribution is 2.17. The number of hydrogen-bond acceptors (Lipinski definition) is 4. The molecule has 0 unspecified atom stereocenters. The first-order valence-electron chi connectivity index (χ1n) is 6.84. The van der Waals surface area contributed by atoms with Crippen LogP contribution in [0.25, 0.3) is 0 Å². The van der Waals surface area contributed by atoms with Crippen molar-refractivity contribution in [1.29, 1.82) is 0 Å². The SMILES string of the molecule is CCCCC[C@H](CC(=O)O)C(=O)[C@@H]1CNCCN1. The number of carbonyl (C=O) groups is 2. The van der Waals surface area contributed by atoms with Crippen molar-refractivity contribution >= 4 is 11.8 Å². The van der Waals surface area contributed by atoms with Crippen LogP contribution < -0.4 is 10.6 Å². The summed E-state index contributed by atoms with van der Waals surface area (Å²) in [5.41, 5.74) is 0. The quantitative estimate of drug-likeness (QED) is 0.560. The highest BCUT2D eigenvalue weighted by molar-refractivity contribution is 5.89. The Labute approximate surface area is 108 Å². The first-order valence-corrected chi connectivity index (χ1v) is 6.84. The fourth-order valence-corrected chi connectivity index (χ4v) is 2.34. The normalized spacial score (nSPS) is 21.5. The van der Waals surface area contributed by atoms with E-state index in [1.54, 1.807) is 0 Å². The number of carboxylic acid groups (broad SMARTS) is 1. The molecule has 0 amide bonds. The van der Waals surface area contributed by atoms with Gasteiger partial charge in [0.15, 0.2) is 5.78 Å². The molecule has 5 nitrogen and oxygen atoms in total. The number of carbonyl (C=O) groups excluding carboxylic acids is 1. The van der Waals surface area contributed by atoms with E-state index in [0.29, 0.717) is 13.0 Å². The molecule has 1 saturated heterocycles. The lowest BCUT2D eigenvalue weighted by molar-refractivity contribution is -0.141. The van der Waals surface area contributed by atoms with Crippen LogP contribution in [0.1, 0.15) is 39.0 Å². The first kappa shape index (κ1) is 15.1. The summed E-state index contributed by atoms with van der Waals surface area (Å²) in [5, 5.41) is 15.2. The van der Waals surface area contributed by atoms with Crippen molar-refractivity contribution < 1.29 is 14.7 Å². The van der Waals surface area contributed by atoms with Gasteiger partial charge in [-0.2, -0.15) is 0 Å². The van der Waals surface area contributed by atoms with Crippen LogP contribution in [0.15, 0.2) is 0 Å². The molecule has 18 heavy (non-hydrogen) atoms. The summed E-state index contributed by atoms with van der Waals surface area (Å²) in [6, 6.07) is -0.218. The fraction of sp³-hybridized carbons (Fsp3) is 0.846. The lowest BCUT2D eigenvalue weighted by Gasteiger charge is -2.26. The minimum absolute atomic E-state index is 0.0409. The predicted molar refractivity (Wildman–Crippen MR) is 69.6 cm³/mol. The zero-order chi connectivity index (χ0) is 13.4. The summed E-state index contributed by atoms with van der Waals surface area (Å²) in [6.45, 7) is 4.34. The summed E-state index contributed by atoms with van der Waals surface area (Å²) in [7, 11) is 0. The molecule has 0 radical (unpaired) electrons. The maximum atomic E-state index is 12.3. The largest absolute Gasteiger partial charge is 0.481 e. The van der Waals surface area contributed by atoms with E-state index in [2.05, 4.69) is 17.6 Å². The third kappa shape index (κ3) is 5.14. The van der Waals surface area contributed by atoms with E-state index in [1.807, 2.05) is 0 Å². The average molecular weight is 256 g/mol. The van der Waals surface area contributed by atoms with Gasteiger partial charge in [0.05, 0.1) is 12.5 Å². The molecule has 1 fully saturated rings. The molecule has 1 aliphatic heterocycles. The Hall–Kier alpha value is -0.940. The van der Waals surface area contributed by atoms with E-state index in [-0.39, 0.29) is 24.2 Å². The van der Waals surface area contributed by atoms with Gasteiger partial charge in [0.1, 0.15) is 0 Å². The molecule has 1 heterocycles. The van der Waals surface area contributed by atoms with E-state index >= 15 is 0 Å². The Kier molecular flexibility index (Phi) is 6.90. The van der Waals surface area contributed by atoms with Gasteiger partial charge in [-0.3, -0.25) is 9.59 Å². The van der Waals surface area contributed by atoms with E-state index in [9.17, 15) is 9.59 Å². The molecule has 0 aliphatic carbocycles. The van der Waals surface area contributed by atoms with Crippen molar-refractivity contribution in [1.82, 2.24) is 10.6 Å². The van der Waals surface area contributed by atoms with Crippen molar-refractivity contribution in [3.8, 4) is 0 Å². The van der Waals surface area contributed by atoms with E-state index in [0.717, 1.165) is 32.4 Å². The van der Waals surface area contributed by atoms with Crippen LogP contribution in [-0.4, -0.2) is 42.5 Å². The average Bonchev–Trinajstić information content (AvgIpc) is 2.37. The standard InChI is InChI=1S/C13H24N2O3/c1-2-3-4-5-10(8-12(16)17)13(18)11-9-14-6-7-15-11/h10-11,14-15H,2-9H2,1H3,(H,16,17)/t10-,11+/m1/s1. The Bertz CT molecular complexity index is 275.